The molecular formula is C19H26N4O2. The minimum atomic E-state index is -0.0617. The van der Waals surface area contributed by atoms with Gasteiger partial charge in [-0.15, -0.1) is 0 Å². The standard InChI is InChI=1S/C19H26N4O2/c1-21-16-7-2-3-8-17(16)23(19(21)25)13-10-18(24)20-14-9-12-22-11-5-4-6-15(14)22/h2-3,7-8,14-15H,4-6,9-13H2,1H3,(H,20,24)/t14-,15+/m1/s1. The van der Waals surface area contributed by atoms with Crippen LogP contribution in [0.1, 0.15) is 32.1 Å². The number of piperidine rings is 1. The number of hydrogen-bond acceptors (Lipinski definition) is 3. The fourth-order valence-electron chi connectivity index (χ4n) is 4.49. The average molecular weight is 342 g/mol. The highest BCUT2D eigenvalue weighted by atomic mass is 16.2. The molecule has 0 unspecified atom stereocenters. The van der Waals surface area contributed by atoms with Gasteiger partial charge in [-0.05, 0) is 37.9 Å². The number of nitrogens with zero attached hydrogens (tertiary/aromatic N) is 3. The summed E-state index contributed by atoms with van der Waals surface area (Å²) in [5.41, 5.74) is 1.73. The van der Waals surface area contributed by atoms with Crippen LogP contribution in [0.2, 0.25) is 0 Å². The Bertz CT molecular complexity index is 838. The van der Waals surface area contributed by atoms with Gasteiger partial charge in [-0.3, -0.25) is 18.8 Å². The van der Waals surface area contributed by atoms with Crippen molar-refractivity contribution >= 4 is 16.9 Å². The maximum absolute atomic E-state index is 12.4. The predicted molar refractivity (Wildman–Crippen MR) is 97.6 cm³/mol. The second-order valence-corrected chi connectivity index (χ2v) is 7.29. The Morgan fingerprint density at radius 3 is 2.80 bits per heavy atom. The third-order valence-corrected chi connectivity index (χ3v) is 5.82. The summed E-state index contributed by atoms with van der Waals surface area (Å²) in [6.45, 7) is 2.69. The minimum Gasteiger partial charge on any atom is -0.352 e. The molecule has 1 aromatic carbocycles. The molecule has 0 spiro atoms. The van der Waals surface area contributed by atoms with Crippen molar-refractivity contribution in [3.05, 3.63) is 34.7 Å². The van der Waals surface area contributed by atoms with E-state index in [-0.39, 0.29) is 17.6 Å². The number of para-hydroxylation sites is 2. The van der Waals surface area contributed by atoms with E-state index in [1.807, 2.05) is 24.3 Å². The molecule has 2 aliphatic heterocycles. The highest BCUT2D eigenvalue weighted by Crippen LogP contribution is 2.27. The molecule has 0 bridgehead atoms. The lowest BCUT2D eigenvalue weighted by Gasteiger charge is -2.32. The summed E-state index contributed by atoms with van der Waals surface area (Å²) in [5.74, 6) is 0.0530. The van der Waals surface area contributed by atoms with Crippen LogP contribution < -0.4 is 11.0 Å². The van der Waals surface area contributed by atoms with E-state index in [0.29, 0.717) is 19.0 Å². The monoisotopic (exact) mass is 342 g/mol. The first-order valence-corrected chi connectivity index (χ1v) is 9.33. The van der Waals surface area contributed by atoms with Crippen LogP contribution in [-0.2, 0) is 18.4 Å². The summed E-state index contributed by atoms with van der Waals surface area (Å²) in [6.07, 6.45) is 5.12. The fraction of sp³-hybridized carbons (Fsp3) is 0.579. The van der Waals surface area contributed by atoms with Gasteiger partial charge in [0, 0.05) is 38.6 Å². The van der Waals surface area contributed by atoms with Gasteiger partial charge in [0.15, 0.2) is 0 Å². The molecule has 3 heterocycles. The number of aromatic nitrogens is 2. The van der Waals surface area contributed by atoms with Crippen LogP contribution in [0.4, 0.5) is 0 Å². The molecule has 6 heteroatoms. The Labute approximate surface area is 147 Å². The molecular weight excluding hydrogens is 316 g/mol. The lowest BCUT2D eigenvalue weighted by Crippen LogP contribution is -2.47. The van der Waals surface area contributed by atoms with E-state index in [0.717, 1.165) is 24.0 Å². The third kappa shape index (κ3) is 2.99. The van der Waals surface area contributed by atoms with Crippen LogP contribution in [-0.4, -0.2) is 45.1 Å². The van der Waals surface area contributed by atoms with E-state index in [4.69, 9.17) is 0 Å². The van der Waals surface area contributed by atoms with E-state index < -0.39 is 0 Å². The lowest BCUT2D eigenvalue weighted by molar-refractivity contribution is -0.122. The highest BCUT2D eigenvalue weighted by molar-refractivity contribution is 5.78. The van der Waals surface area contributed by atoms with Crippen molar-refractivity contribution in [2.45, 2.75) is 50.7 Å². The maximum atomic E-state index is 12.4. The molecule has 2 saturated heterocycles. The maximum Gasteiger partial charge on any atom is 0.328 e. The number of rotatable bonds is 4. The zero-order valence-electron chi connectivity index (χ0n) is 14.8. The summed E-state index contributed by atoms with van der Waals surface area (Å²) >= 11 is 0. The molecule has 2 aromatic rings. The Kier molecular flexibility index (Phi) is 4.37. The number of carbonyl (C=O) groups excluding carboxylic acids is 1. The van der Waals surface area contributed by atoms with Gasteiger partial charge in [0.2, 0.25) is 5.91 Å². The van der Waals surface area contributed by atoms with Crippen molar-refractivity contribution in [3.63, 3.8) is 0 Å². The summed E-state index contributed by atoms with van der Waals surface area (Å²) in [6, 6.07) is 8.51. The Morgan fingerprint density at radius 2 is 1.96 bits per heavy atom. The van der Waals surface area contributed by atoms with E-state index in [1.54, 1.807) is 16.2 Å². The van der Waals surface area contributed by atoms with Crippen molar-refractivity contribution in [2.75, 3.05) is 13.1 Å². The number of amides is 1. The average Bonchev–Trinajstić information content (AvgIpc) is 3.14. The Balaban J connectivity index is 1.41. The van der Waals surface area contributed by atoms with Crippen molar-refractivity contribution in [2.24, 2.45) is 7.05 Å². The summed E-state index contributed by atoms with van der Waals surface area (Å²) in [5, 5.41) is 3.22. The number of aryl methyl sites for hydroxylation is 2. The summed E-state index contributed by atoms with van der Waals surface area (Å²) in [4.78, 5) is 27.4. The molecule has 1 aromatic heterocycles. The predicted octanol–water partition coefficient (Wildman–Crippen LogP) is 1.47. The summed E-state index contributed by atoms with van der Waals surface area (Å²) < 4.78 is 3.35. The number of hydrogen-bond donors (Lipinski definition) is 1. The van der Waals surface area contributed by atoms with Crippen LogP contribution in [0.15, 0.2) is 29.1 Å². The zero-order chi connectivity index (χ0) is 17.4. The van der Waals surface area contributed by atoms with E-state index in [2.05, 4.69) is 10.2 Å². The first-order chi connectivity index (χ1) is 12.1. The minimum absolute atomic E-state index is 0.0530. The first-order valence-electron chi connectivity index (χ1n) is 9.33. The molecule has 0 aliphatic carbocycles. The van der Waals surface area contributed by atoms with Crippen molar-refractivity contribution in [3.8, 4) is 0 Å². The molecule has 2 atom stereocenters. The molecule has 134 valence electrons. The summed E-state index contributed by atoms with van der Waals surface area (Å²) in [7, 11) is 1.78. The van der Waals surface area contributed by atoms with E-state index in [1.165, 1.54) is 25.8 Å². The quantitative estimate of drug-likeness (QED) is 0.915. The Morgan fingerprint density at radius 1 is 1.16 bits per heavy atom. The first kappa shape index (κ1) is 16.4. The lowest BCUT2D eigenvalue weighted by atomic mass is 9.99. The van der Waals surface area contributed by atoms with E-state index in [9.17, 15) is 9.59 Å². The molecule has 1 amide bonds. The van der Waals surface area contributed by atoms with Gasteiger partial charge in [0.1, 0.15) is 0 Å². The van der Waals surface area contributed by atoms with Crippen LogP contribution >= 0.6 is 0 Å². The van der Waals surface area contributed by atoms with Crippen LogP contribution in [0.25, 0.3) is 11.0 Å². The van der Waals surface area contributed by atoms with Gasteiger partial charge in [-0.1, -0.05) is 18.6 Å². The molecule has 2 fully saturated rings. The second-order valence-electron chi connectivity index (χ2n) is 7.29. The number of nitrogens with one attached hydrogen (secondary N) is 1. The highest BCUT2D eigenvalue weighted by Gasteiger charge is 2.36. The van der Waals surface area contributed by atoms with Gasteiger partial charge in [0.25, 0.3) is 0 Å². The molecule has 1 N–H and O–H groups in total. The van der Waals surface area contributed by atoms with Crippen LogP contribution in [0, 0.1) is 0 Å². The van der Waals surface area contributed by atoms with Gasteiger partial charge >= 0.3 is 5.69 Å². The molecule has 0 saturated carbocycles. The number of benzene rings is 1. The molecule has 25 heavy (non-hydrogen) atoms. The number of imidazole rings is 1. The van der Waals surface area contributed by atoms with Crippen molar-refractivity contribution < 1.29 is 4.79 Å². The topological polar surface area (TPSA) is 59.3 Å². The van der Waals surface area contributed by atoms with Crippen molar-refractivity contribution in [1.29, 1.82) is 0 Å². The molecule has 6 nitrogen and oxygen atoms in total. The fourth-order valence-corrected chi connectivity index (χ4v) is 4.49. The SMILES string of the molecule is Cn1c(=O)n(CCC(=O)N[C@@H]2CCN3CCCC[C@@H]23)c2ccccc21. The largest absolute Gasteiger partial charge is 0.352 e. The number of fused-ring (bicyclic) bond motifs is 2. The smallest absolute Gasteiger partial charge is 0.328 e. The van der Waals surface area contributed by atoms with E-state index >= 15 is 0 Å². The van der Waals surface area contributed by atoms with Crippen LogP contribution in [0.5, 0.6) is 0 Å². The van der Waals surface area contributed by atoms with Gasteiger partial charge < -0.3 is 5.32 Å². The van der Waals surface area contributed by atoms with Gasteiger partial charge in [0.05, 0.1) is 11.0 Å². The number of carbonyl (C=O) groups is 1. The zero-order valence-corrected chi connectivity index (χ0v) is 14.8. The molecule has 2 aliphatic rings. The third-order valence-electron chi connectivity index (χ3n) is 5.82. The van der Waals surface area contributed by atoms with Crippen molar-refractivity contribution in [1.82, 2.24) is 19.4 Å². The van der Waals surface area contributed by atoms with Gasteiger partial charge in [-0.2, -0.15) is 0 Å². The van der Waals surface area contributed by atoms with Gasteiger partial charge in [-0.25, -0.2) is 4.79 Å². The normalized spacial score (nSPS) is 23.7. The molecule has 0 radical (unpaired) electrons. The second kappa shape index (κ2) is 6.67. The van der Waals surface area contributed by atoms with Crippen LogP contribution in [0.3, 0.4) is 0 Å². The Hall–Kier alpha value is -2.08. The molecule has 4 rings (SSSR count).